The second kappa shape index (κ2) is 4.61. The van der Waals surface area contributed by atoms with Crippen molar-refractivity contribution in [3.8, 4) is 0 Å². The molecule has 2 fully saturated rings. The number of aryl methyl sites for hydroxylation is 1. The Morgan fingerprint density at radius 3 is 2.80 bits per heavy atom. The topological polar surface area (TPSA) is 21.1 Å². The van der Waals surface area contributed by atoms with Crippen LogP contribution in [-0.4, -0.2) is 21.2 Å². The van der Waals surface area contributed by atoms with Gasteiger partial charge in [0, 0.05) is 37.9 Å². The standard InChI is InChI=1S/C16H18ClN3/c1-19-8-13(16(17)18-19)10-20-9-12-7-14(12)15(20)11-5-3-2-4-6-11/h2-6,8,12,14-15H,7,9-10H2,1H3/t12-,14-,15-/m0/s1. The Bertz CT molecular complexity index is 622. The fourth-order valence-corrected chi connectivity index (χ4v) is 3.89. The summed E-state index contributed by atoms with van der Waals surface area (Å²) >= 11 is 6.21. The van der Waals surface area contributed by atoms with Gasteiger partial charge in [-0.05, 0) is 23.8 Å². The smallest absolute Gasteiger partial charge is 0.155 e. The maximum absolute atomic E-state index is 6.21. The molecule has 104 valence electrons. The number of likely N-dealkylation sites (tertiary alicyclic amines) is 1. The van der Waals surface area contributed by atoms with E-state index in [0.29, 0.717) is 11.2 Å². The number of fused-ring (bicyclic) bond motifs is 1. The molecule has 4 heteroatoms. The van der Waals surface area contributed by atoms with Crippen LogP contribution in [0, 0.1) is 11.8 Å². The molecule has 1 aromatic heterocycles. The number of nitrogens with zero attached hydrogens (tertiary/aromatic N) is 3. The molecule has 1 aliphatic carbocycles. The first kappa shape index (κ1) is 12.4. The third kappa shape index (κ3) is 2.05. The molecule has 2 aromatic rings. The van der Waals surface area contributed by atoms with E-state index in [1.54, 1.807) is 4.68 Å². The van der Waals surface area contributed by atoms with E-state index in [-0.39, 0.29) is 0 Å². The average molecular weight is 288 g/mol. The fourth-order valence-electron chi connectivity index (χ4n) is 3.66. The summed E-state index contributed by atoms with van der Waals surface area (Å²) in [6.07, 6.45) is 3.42. The molecule has 2 aliphatic rings. The van der Waals surface area contributed by atoms with E-state index in [1.807, 2.05) is 13.2 Å². The van der Waals surface area contributed by atoms with Crippen molar-refractivity contribution < 1.29 is 0 Å². The van der Waals surface area contributed by atoms with E-state index >= 15 is 0 Å². The first-order valence-corrected chi connectivity index (χ1v) is 7.57. The predicted molar refractivity (Wildman–Crippen MR) is 79.4 cm³/mol. The number of piperidine rings is 1. The summed E-state index contributed by atoms with van der Waals surface area (Å²) in [5.41, 5.74) is 2.58. The zero-order valence-corrected chi connectivity index (χ0v) is 12.3. The molecule has 1 saturated heterocycles. The van der Waals surface area contributed by atoms with Gasteiger partial charge in [-0.15, -0.1) is 0 Å². The lowest BCUT2D eigenvalue weighted by atomic mass is 10.0. The third-order valence-electron chi connectivity index (χ3n) is 4.61. The van der Waals surface area contributed by atoms with Gasteiger partial charge in [-0.1, -0.05) is 41.9 Å². The van der Waals surface area contributed by atoms with Crippen LogP contribution >= 0.6 is 11.6 Å². The minimum atomic E-state index is 0.553. The van der Waals surface area contributed by atoms with Gasteiger partial charge >= 0.3 is 0 Å². The molecule has 0 bridgehead atoms. The van der Waals surface area contributed by atoms with Gasteiger partial charge in [0.15, 0.2) is 5.15 Å². The van der Waals surface area contributed by atoms with E-state index in [1.165, 1.54) is 18.5 Å². The Kier molecular flexibility index (Phi) is 2.86. The fraction of sp³-hybridized carbons (Fsp3) is 0.438. The third-order valence-corrected chi connectivity index (χ3v) is 4.93. The van der Waals surface area contributed by atoms with Crippen LogP contribution in [0.5, 0.6) is 0 Å². The summed E-state index contributed by atoms with van der Waals surface area (Å²) < 4.78 is 1.80. The van der Waals surface area contributed by atoms with Gasteiger partial charge in [-0.2, -0.15) is 5.10 Å². The quantitative estimate of drug-likeness (QED) is 0.864. The highest BCUT2D eigenvalue weighted by Crippen LogP contribution is 2.56. The van der Waals surface area contributed by atoms with Crippen LogP contribution in [0.2, 0.25) is 5.15 Å². The molecule has 0 radical (unpaired) electrons. The molecule has 3 atom stereocenters. The zero-order valence-electron chi connectivity index (χ0n) is 11.5. The van der Waals surface area contributed by atoms with Crippen molar-refractivity contribution in [2.45, 2.75) is 19.0 Å². The summed E-state index contributed by atoms with van der Waals surface area (Å²) in [6, 6.07) is 11.4. The number of hydrogen-bond donors (Lipinski definition) is 0. The molecular formula is C16H18ClN3. The maximum atomic E-state index is 6.21. The van der Waals surface area contributed by atoms with Gasteiger partial charge in [-0.25, -0.2) is 0 Å². The zero-order chi connectivity index (χ0) is 13.7. The Morgan fingerprint density at radius 2 is 2.10 bits per heavy atom. The van der Waals surface area contributed by atoms with E-state index in [0.717, 1.165) is 23.9 Å². The monoisotopic (exact) mass is 287 g/mol. The van der Waals surface area contributed by atoms with E-state index in [4.69, 9.17) is 11.6 Å². The van der Waals surface area contributed by atoms with Gasteiger partial charge in [0.1, 0.15) is 0 Å². The van der Waals surface area contributed by atoms with Crippen LogP contribution < -0.4 is 0 Å². The summed E-state index contributed by atoms with van der Waals surface area (Å²) in [6.45, 7) is 2.09. The molecule has 4 rings (SSSR count). The van der Waals surface area contributed by atoms with Crippen LogP contribution in [0.4, 0.5) is 0 Å². The number of halogens is 1. The molecule has 20 heavy (non-hydrogen) atoms. The highest BCUT2D eigenvalue weighted by Gasteiger charge is 2.52. The SMILES string of the molecule is Cn1cc(CN2C[C@@H]3C[C@@H]3[C@@H]2c2ccccc2)c(Cl)n1. The Hall–Kier alpha value is -1.32. The summed E-state index contributed by atoms with van der Waals surface area (Å²) in [5.74, 6) is 1.73. The van der Waals surface area contributed by atoms with Gasteiger partial charge in [0.05, 0.1) is 0 Å². The lowest BCUT2D eigenvalue weighted by Crippen LogP contribution is -2.26. The minimum absolute atomic E-state index is 0.553. The summed E-state index contributed by atoms with van der Waals surface area (Å²) in [4.78, 5) is 2.57. The second-order valence-corrected chi connectivity index (χ2v) is 6.42. The van der Waals surface area contributed by atoms with Crippen molar-refractivity contribution in [1.82, 2.24) is 14.7 Å². The van der Waals surface area contributed by atoms with Gasteiger partial charge in [-0.3, -0.25) is 9.58 Å². The summed E-state index contributed by atoms with van der Waals surface area (Å²) in [5, 5.41) is 4.88. The largest absolute Gasteiger partial charge is 0.291 e. The van der Waals surface area contributed by atoms with Crippen LogP contribution in [0.25, 0.3) is 0 Å². The van der Waals surface area contributed by atoms with Crippen LogP contribution in [0.1, 0.15) is 23.6 Å². The second-order valence-electron chi connectivity index (χ2n) is 6.06. The molecule has 1 aromatic carbocycles. The normalized spacial score (nSPS) is 28.6. The maximum Gasteiger partial charge on any atom is 0.155 e. The molecule has 3 nitrogen and oxygen atoms in total. The number of rotatable bonds is 3. The van der Waals surface area contributed by atoms with Crippen molar-refractivity contribution in [2.75, 3.05) is 6.54 Å². The van der Waals surface area contributed by atoms with Gasteiger partial charge in [0.25, 0.3) is 0 Å². The number of hydrogen-bond acceptors (Lipinski definition) is 2. The van der Waals surface area contributed by atoms with Crippen LogP contribution in [-0.2, 0) is 13.6 Å². The van der Waals surface area contributed by atoms with Crippen molar-refractivity contribution in [2.24, 2.45) is 18.9 Å². The van der Waals surface area contributed by atoms with Gasteiger partial charge in [0.2, 0.25) is 0 Å². The molecule has 0 unspecified atom stereocenters. The molecule has 2 heterocycles. The predicted octanol–water partition coefficient (Wildman–Crippen LogP) is 3.27. The van der Waals surface area contributed by atoms with E-state index < -0.39 is 0 Å². The van der Waals surface area contributed by atoms with Crippen molar-refractivity contribution >= 4 is 11.6 Å². The average Bonchev–Trinajstić information content (AvgIpc) is 2.99. The number of benzene rings is 1. The molecule has 1 aliphatic heterocycles. The molecule has 0 spiro atoms. The Balaban J connectivity index is 1.60. The summed E-state index contributed by atoms with van der Waals surface area (Å²) in [7, 11) is 1.92. The highest BCUT2D eigenvalue weighted by molar-refractivity contribution is 6.30. The van der Waals surface area contributed by atoms with Crippen molar-refractivity contribution in [1.29, 1.82) is 0 Å². The molecule has 1 saturated carbocycles. The molecule has 0 N–H and O–H groups in total. The van der Waals surface area contributed by atoms with Crippen LogP contribution in [0.3, 0.4) is 0 Å². The minimum Gasteiger partial charge on any atom is -0.291 e. The van der Waals surface area contributed by atoms with Gasteiger partial charge < -0.3 is 0 Å². The first-order chi connectivity index (χ1) is 9.72. The molecule has 0 amide bonds. The molecular weight excluding hydrogens is 270 g/mol. The van der Waals surface area contributed by atoms with E-state index in [2.05, 4.69) is 40.3 Å². The first-order valence-electron chi connectivity index (χ1n) is 7.19. The van der Waals surface area contributed by atoms with Crippen molar-refractivity contribution in [3.05, 3.63) is 52.8 Å². The highest BCUT2D eigenvalue weighted by atomic mass is 35.5. The van der Waals surface area contributed by atoms with Crippen molar-refractivity contribution in [3.63, 3.8) is 0 Å². The van der Waals surface area contributed by atoms with Crippen LogP contribution in [0.15, 0.2) is 36.5 Å². The Morgan fingerprint density at radius 1 is 1.30 bits per heavy atom. The lowest BCUT2D eigenvalue weighted by Gasteiger charge is -2.27. The Labute approximate surface area is 124 Å². The van der Waals surface area contributed by atoms with E-state index in [9.17, 15) is 0 Å². The number of aromatic nitrogens is 2. The lowest BCUT2D eigenvalue weighted by molar-refractivity contribution is 0.213.